The van der Waals surface area contributed by atoms with Gasteiger partial charge < -0.3 is 10.2 Å². The molecule has 0 aliphatic carbocycles. The number of nitrogens with zero attached hydrogens (tertiary/aromatic N) is 2. The molecule has 10 heteroatoms. The van der Waals surface area contributed by atoms with Gasteiger partial charge in [0.25, 0.3) is 10.0 Å². The van der Waals surface area contributed by atoms with Crippen molar-refractivity contribution in [2.75, 3.05) is 17.9 Å². The maximum absolute atomic E-state index is 13.7. The minimum absolute atomic E-state index is 0.00492. The van der Waals surface area contributed by atoms with Crippen LogP contribution in [0, 0.1) is 12.7 Å². The molecule has 0 aliphatic rings. The fourth-order valence-electron chi connectivity index (χ4n) is 3.58. The minimum Gasteiger partial charge on any atom is -0.357 e. The van der Waals surface area contributed by atoms with Gasteiger partial charge in [-0.15, -0.1) is 0 Å². The van der Waals surface area contributed by atoms with E-state index in [4.69, 9.17) is 11.6 Å². The Bertz CT molecular complexity index is 1330. The monoisotopic (exact) mass is 531 g/mol. The molecule has 3 rings (SSSR count). The molecule has 7 nitrogen and oxygen atoms in total. The van der Waals surface area contributed by atoms with E-state index in [1.807, 2.05) is 6.92 Å². The van der Waals surface area contributed by atoms with Crippen molar-refractivity contribution in [1.82, 2.24) is 10.2 Å². The van der Waals surface area contributed by atoms with Gasteiger partial charge in [-0.3, -0.25) is 13.9 Å². The Kier molecular flexibility index (Phi) is 8.70. The number of hydrogen-bond acceptors (Lipinski definition) is 4. The zero-order valence-electron chi connectivity index (χ0n) is 20.1. The maximum atomic E-state index is 13.7. The summed E-state index contributed by atoms with van der Waals surface area (Å²) in [7, 11) is -2.73. The van der Waals surface area contributed by atoms with Crippen LogP contribution < -0.4 is 9.62 Å². The first kappa shape index (κ1) is 27.2. The van der Waals surface area contributed by atoms with Gasteiger partial charge in [0, 0.05) is 18.6 Å². The summed E-state index contributed by atoms with van der Waals surface area (Å²) in [6, 6.07) is 17.0. The van der Waals surface area contributed by atoms with Crippen molar-refractivity contribution in [2.45, 2.75) is 31.3 Å². The van der Waals surface area contributed by atoms with E-state index in [2.05, 4.69) is 5.32 Å². The average molecular weight is 532 g/mol. The molecule has 0 radical (unpaired) electrons. The quantitative estimate of drug-likeness (QED) is 0.449. The summed E-state index contributed by atoms with van der Waals surface area (Å²) in [5.74, 6) is -1.49. The summed E-state index contributed by atoms with van der Waals surface area (Å²) in [5, 5.41) is 2.80. The van der Waals surface area contributed by atoms with Crippen LogP contribution in [0.15, 0.2) is 77.7 Å². The highest BCUT2D eigenvalue weighted by atomic mass is 35.5. The number of likely N-dealkylation sites (N-methyl/N-ethyl adjacent to an activating group) is 1. The van der Waals surface area contributed by atoms with Crippen LogP contribution in [0.3, 0.4) is 0 Å². The first-order valence-corrected chi connectivity index (χ1v) is 12.9. The summed E-state index contributed by atoms with van der Waals surface area (Å²) in [4.78, 5) is 27.3. The van der Waals surface area contributed by atoms with Crippen molar-refractivity contribution in [2.24, 2.45) is 0 Å². The number of nitrogens with one attached hydrogen (secondary N) is 1. The van der Waals surface area contributed by atoms with Gasteiger partial charge in [0.2, 0.25) is 11.8 Å². The highest BCUT2D eigenvalue weighted by Gasteiger charge is 2.32. The Morgan fingerprint density at radius 3 is 2.25 bits per heavy atom. The molecule has 2 amide bonds. The van der Waals surface area contributed by atoms with Gasteiger partial charge in [-0.05, 0) is 61.9 Å². The van der Waals surface area contributed by atoms with E-state index in [9.17, 15) is 22.4 Å². The number of anilines is 1. The van der Waals surface area contributed by atoms with Gasteiger partial charge in [0.1, 0.15) is 18.4 Å². The van der Waals surface area contributed by atoms with Crippen molar-refractivity contribution in [3.63, 3.8) is 0 Å². The molecule has 1 unspecified atom stereocenters. The maximum Gasteiger partial charge on any atom is 0.264 e. The van der Waals surface area contributed by atoms with Gasteiger partial charge in [0.05, 0.1) is 10.6 Å². The molecule has 3 aromatic rings. The molecule has 190 valence electrons. The minimum atomic E-state index is -4.17. The molecule has 0 saturated carbocycles. The average Bonchev–Trinajstić information content (AvgIpc) is 2.86. The number of sulfonamides is 1. The van der Waals surface area contributed by atoms with E-state index in [1.165, 1.54) is 60.5 Å². The second kappa shape index (κ2) is 11.5. The molecule has 1 atom stereocenters. The summed E-state index contributed by atoms with van der Waals surface area (Å²) in [5.41, 5.74) is 1.66. The zero-order chi connectivity index (χ0) is 26.5. The SMILES string of the molecule is CNC(=O)C(C)N(Cc1ccc(F)cc1)C(=O)CN(c1cccc(Cl)c1)S(=O)(=O)c1ccc(C)cc1. The summed E-state index contributed by atoms with van der Waals surface area (Å²) in [6.07, 6.45) is 0. The molecule has 0 aliphatic heterocycles. The highest BCUT2D eigenvalue weighted by Crippen LogP contribution is 2.27. The number of halogens is 2. The lowest BCUT2D eigenvalue weighted by molar-refractivity contribution is -0.139. The summed E-state index contributed by atoms with van der Waals surface area (Å²) >= 11 is 6.14. The third kappa shape index (κ3) is 6.41. The van der Waals surface area contributed by atoms with Gasteiger partial charge in [-0.25, -0.2) is 12.8 Å². The second-order valence-electron chi connectivity index (χ2n) is 8.24. The van der Waals surface area contributed by atoms with Gasteiger partial charge >= 0.3 is 0 Å². The molecular formula is C26H27ClFN3O4S. The van der Waals surface area contributed by atoms with E-state index in [0.717, 1.165) is 9.87 Å². The van der Waals surface area contributed by atoms with Crippen LogP contribution in [0.4, 0.5) is 10.1 Å². The fourth-order valence-corrected chi connectivity index (χ4v) is 5.17. The van der Waals surface area contributed by atoms with Crippen molar-refractivity contribution in [1.29, 1.82) is 0 Å². The normalized spacial score (nSPS) is 12.0. The lowest BCUT2D eigenvalue weighted by Gasteiger charge is -2.31. The molecule has 3 aromatic carbocycles. The number of hydrogen-bond donors (Lipinski definition) is 1. The molecular weight excluding hydrogens is 505 g/mol. The van der Waals surface area contributed by atoms with E-state index >= 15 is 0 Å². The van der Waals surface area contributed by atoms with E-state index in [0.29, 0.717) is 10.6 Å². The van der Waals surface area contributed by atoms with Crippen molar-refractivity contribution >= 4 is 39.1 Å². The highest BCUT2D eigenvalue weighted by molar-refractivity contribution is 7.92. The Balaban J connectivity index is 2.02. The van der Waals surface area contributed by atoms with Crippen LogP contribution in [0.25, 0.3) is 0 Å². The third-order valence-electron chi connectivity index (χ3n) is 5.66. The Morgan fingerprint density at radius 2 is 1.67 bits per heavy atom. The van der Waals surface area contributed by atoms with Crippen LogP contribution in [0.5, 0.6) is 0 Å². The third-order valence-corrected chi connectivity index (χ3v) is 7.69. The van der Waals surface area contributed by atoms with Gasteiger partial charge in [-0.2, -0.15) is 0 Å². The number of rotatable bonds is 9. The van der Waals surface area contributed by atoms with Crippen LogP contribution in [-0.4, -0.2) is 44.8 Å². The lowest BCUT2D eigenvalue weighted by atomic mass is 10.1. The molecule has 0 bridgehead atoms. The fraction of sp³-hybridized carbons (Fsp3) is 0.231. The molecule has 1 N–H and O–H groups in total. The van der Waals surface area contributed by atoms with Crippen molar-refractivity contribution < 1.29 is 22.4 Å². The van der Waals surface area contributed by atoms with Crippen LogP contribution in [0.2, 0.25) is 5.02 Å². The number of amides is 2. The predicted molar refractivity (Wildman–Crippen MR) is 138 cm³/mol. The number of benzene rings is 3. The molecule has 0 heterocycles. The Hall–Kier alpha value is -3.43. The number of carbonyl (C=O) groups excluding carboxylic acids is 2. The topological polar surface area (TPSA) is 86.8 Å². The van der Waals surface area contributed by atoms with Crippen molar-refractivity contribution in [3.8, 4) is 0 Å². The van der Waals surface area contributed by atoms with Crippen LogP contribution in [0.1, 0.15) is 18.1 Å². The molecule has 0 spiro atoms. The number of carbonyl (C=O) groups is 2. The Labute approximate surface area is 215 Å². The second-order valence-corrected chi connectivity index (χ2v) is 10.5. The molecule has 36 heavy (non-hydrogen) atoms. The molecule has 0 saturated heterocycles. The summed E-state index contributed by atoms with van der Waals surface area (Å²) in [6.45, 7) is 2.77. The van der Waals surface area contributed by atoms with Crippen LogP contribution in [-0.2, 0) is 26.2 Å². The predicted octanol–water partition coefficient (Wildman–Crippen LogP) is 4.15. The number of aryl methyl sites for hydroxylation is 1. The largest absolute Gasteiger partial charge is 0.357 e. The summed E-state index contributed by atoms with van der Waals surface area (Å²) < 4.78 is 41.7. The van der Waals surface area contributed by atoms with Gasteiger partial charge in [0.15, 0.2) is 0 Å². The zero-order valence-corrected chi connectivity index (χ0v) is 21.7. The van der Waals surface area contributed by atoms with E-state index in [-0.39, 0.29) is 17.1 Å². The molecule has 0 fully saturated rings. The standard InChI is InChI=1S/C26H27ClFN3O4S/c1-18-7-13-24(14-8-18)36(34,35)31(23-6-4-5-21(27)15-23)17-25(32)30(19(2)26(33)29-3)16-20-9-11-22(28)12-10-20/h4-15,19H,16-17H2,1-3H3,(H,29,33). The van der Waals surface area contributed by atoms with E-state index in [1.54, 1.807) is 31.2 Å². The van der Waals surface area contributed by atoms with Crippen LogP contribution >= 0.6 is 11.6 Å². The van der Waals surface area contributed by atoms with E-state index < -0.39 is 40.2 Å². The molecule has 0 aromatic heterocycles. The smallest absolute Gasteiger partial charge is 0.264 e. The first-order chi connectivity index (χ1) is 17.0. The van der Waals surface area contributed by atoms with Gasteiger partial charge in [-0.1, -0.05) is 47.5 Å². The first-order valence-electron chi connectivity index (χ1n) is 11.1. The Morgan fingerprint density at radius 1 is 1.03 bits per heavy atom. The van der Waals surface area contributed by atoms with Crippen molar-refractivity contribution in [3.05, 3.63) is 94.8 Å². The lowest BCUT2D eigenvalue weighted by Crippen LogP contribution is -2.50.